The van der Waals surface area contributed by atoms with E-state index in [1.807, 2.05) is 49.7 Å². The summed E-state index contributed by atoms with van der Waals surface area (Å²) in [6, 6.07) is 9.67. The highest BCUT2D eigenvalue weighted by molar-refractivity contribution is 6.22. The average Bonchev–Trinajstić information content (AvgIpc) is 3.22. The zero-order chi connectivity index (χ0) is 20.7. The van der Waals surface area contributed by atoms with E-state index in [4.69, 9.17) is 0 Å². The fourth-order valence-electron chi connectivity index (χ4n) is 3.75. The summed E-state index contributed by atoms with van der Waals surface area (Å²) in [7, 11) is 0. The molecular formula is C22H22N4O3. The van der Waals surface area contributed by atoms with E-state index in [1.165, 1.54) is 0 Å². The van der Waals surface area contributed by atoms with Crippen LogP contribution in [0.5, 0.6) is 0 Å². The molecule has 7 nitrogen and oxygen atoms in total. The molecule has 1 aliphatic heterocycles. The Morgan fingerprint density at radius 2 is 1.72 bits per heavy atom. The number of imide groups is 1. The molecule has 29 heavy (non-hydrogen) atoms. The molecule has 0 spiro atoms. The largest absolute Gasteiger partial charge is 0.349 e. The number of hydrogen-bond donors (Lipinski definition) is 1. The fraction of sp³-hybridized carbons (Fsp3) is 0.273. The highest BCUT2D eigenvalue weighted by Crippen LogP contribution is 2.27. The van der Waals surface area contributed by atoms with E-state index in [-0.39, 0.29) is 18.4 Å². The summed E-state index contributed by atoms with van der Waals surface area (Å²) in [5.74, 6) is -1.46. The second-order valence-electron chi connectivity index (χ2n) is 7.59. The van der Waals surface area contributed by atoms with Gasteiger partial charge in [0, 0.05) is 12.4 Å². The van der Waals surface area contributed by atoms with E-state index in [0.717, 1.165) is 16.1 Å². The summed E-state index contributed by atoms with van der Waals surface area (Å²) in [5, 5.41) is 2.84. The number of pyridine rings is 1. The molecule has 0 radical (unpaired) electrons. The summed E-state index contributed by atoms with van der Waals surface area (Å²) in [6.07, 6.45) is 3.76. The molecule has 3 aromatic rings. The van der Waals surface area contributed by atoms with Crippen LogP contribution in [0, 0.1) is 12.8 Å². The molecule has 0 aliphatic carbocycles. The molecule has 1 atom stereocenters. The molecule has 2 aromatic heterocycles. The molecule has 1 unspecified atom stereocenters. The first-order valence-corrected chi connectivity index (χ1v) is 9.56. The molecule has 3 heterocycles. The van der Waals surface area contributed by atoms with Gasteiger partial charge in [0.15, 0.2) is 0 Å². The van der Waals surface area contributed by atoms with Crippen molar-refractivity contribution in [2.75, 3.05) is 0 Å². The Hall–Kier alpha value is -3.48. The highest BCUT2D eigenvalue weighted by Gasteiger charge is 2.43. The number of hydrogen-bond acceptors (Lipinski definition) is 4. The minimum atomic E-state index is -0.888. The molecule has 0 saturated carbocycles. The van der Waals surface area contributed by atoms with Crippen LogP contribution in [0.1, 0.15) is 45.8 Å². The lowest BCUT2D eigenvalue weighted by atomic mass is 10.0. The van der Waals surface area contributed by atoms with Crippen LogP contribution < -0.4 is 5.32 Å². The lowest BCUT2D eigenvalue weighted by Crippen LogP contribution is -2.52. The van der Waals surface area contributed by atoms with E-state index >= 15 is 0 Å². The Morgan fingerprint density at radius 1 is 1.07 bits per heavy atom. The van der Waals surface area contributed by atoms with E-state index in [9.17, 15) is 14.4 Å². The van der Waals surface area contributed by atoms with Gasteiger partial charge in [0.1, 0.15) is 11.7 Å². The number of nitrogens with one attached hydrogen (secondary N) is 1. The van der Waals surface area contributed by atoms with Crippen molar-refractivity contribution in [1.29, 1.82) is 0 Å². The fourth-order valence-corrected chi connectivity index (χ4v) is 3.75. The van der Waals surface area contributed by atoms with Crippen LogP contribution in [0.3, 0.4) is 0 Å². The van der Waals surface area contributed by atoms with E-state index in [0.29, 0.717) is 16.8 Å². The van der Waals surface area contributed by atoms with Gasteiger partial charge in [-0.2, -0.15) is 0 Å². The van der Waals surface area contributed by atoms with Gasteiger partial charge in [-0.1, -0.05) is 32.0 Å². The zero-order valence-corrected chi connectivity index (χ0v) is 16.5. The van der Waals surface area contributed by atoms with Crippen molar-refractivity contribution in [1.82, 2.24) is 19.6 Å². The number of imidazole rings is 1. The molecule has 0 saturated heterocycles. The van der Waals surface area contributed by atoms with Gasteiger partial charge in [0.25, 0.3) is 11.8 Å². The molecule has 1 N–H and O–H groups in total. The summed E-state index contributed by atoms with van der Waals surface area (Å²) in [4.78, 5) is 44.2. The minimum absolute atomic E-state index is 0.215. The number of aryl methyl sites for hydroxylation is 1. The summed E-state index contributed by atoms with van der Waals surface area (Å²) in [6.45, 7) is 5.83. The quantitative estimate of drug-likeness (QED) is 0.679. The van der Waals surface area contributed by atoms with Crippen LogP contribution in [-0.4, -0.2) is 38.0 Å². The van der Waals surface area contributed by atoms with Crippen LogP contribution >= 0.6 is 0 Å². The van der Waals surface area contributed by atoms with Crippen LogP contribution in [0.15, 0.2) is 48.8 Å². The average molecular weight is 390 g/mol. The SMILES string of the molecule is Cc1cccn2cc(CNC(=O)C(C(C)C)N3C(=O)c4ccccc4C3=O)nc12. The third kappa shape index (κ3) is 3.18. The molecule has 4 rings (SSSR count). The van der Waals surface area contributed by atoms with Crippen molar-refractivity contribution in [3.05, 3.63) is 71.2 Å². The van der Waals surface area contributed by atoms with E-state index < -0.39 is 17.9 Å². The number of carbonyl (C=O) groups excluding carboxylic acids is 3. The number of benzene rings is 1. The predicted octanol–water partition coefficient (Wildman–Crippen LogP) is 2.58. The number of rotatable bonds is 5. The second kappa shape index (κ2) is 7.16. The molecule has 148 valence electrons. The third-order valence-corrected chi connectivity index (χ3v) is 5.18. The number of carbonyl (C=O) groups is 3. The Balaban J connectivity index is 1.54. The summed E-state index contributed by atoms with van der Waals surface area (Å²) in [5.41, 5.74) is 3.25. The normalized spacial score (nSPS) is 14.6. The van der Waals surface area contributed by atoms with Crippen molar-refractivity contribution in [3.8, 4) is 0 Å². The van der Waals surface area contributed by atoms with Crippen molar-refractivity contribution in [2.45, 2.75) is 33.4 Å². The van der Waals surface area contributed by atoms with Crippen LogP contribution in [0.2, 0.25) is 0 Å². The Kier molecular flexibility index (Phi) is 4.66. The zero-order valence-electron chi connectivity index (χ0n) is 16.5. The molecular weight excluding hydrogens is 368 g/mol. The first-order chi connectivity index (χ1) is 13.9. The maximum absolute atomic E-state index is 13.0. The van der Waals surface area contributed by atoms with Gasteiger partial charge in [-0.05, 0) is 36.6 Å². The molecule has 0 bridgehead atoms. The Labute approximate surface area is 168 Å². The summed E-state index contributed by atoms with van der Waals surface area (Å²) >= 11 is 0. The Morgan fingerprint density at radius 3 is 2.31 bits per heavy atom. The minimum Gasteiger partial charge on any atom is -0.349 e. The van der Waals surface area contributed by atoms with Crippen molar-refractivity contribution in [2.24, 2.45) is 5.92 Å². The number of fused-ring (bicyclic) bond motifs is 2. The number of amides is 3. The van der Waals surface area contributed by atoms with Crippen LogP contribution in [0.4, 0.5) is 0 Å². The molecule has 3 amide bonds. The van der Waals surface area contributed by atoms with E-state index in [2.05, 4.69) is 10.3 Å². The predicted molar refractivity (Wildman–Crippen MR) is 107 cm³/mol. The van der Waals surface area contributed by atoms with Crippen molar-refractivity contribution < 1.29 is 14.4 Å². The molecule has 0 fully saturated rings. The van der Waals surface area contributed by atoms with Gasteiger partial charge in [0.2, 0.25) is 5.91 Å². The van der Waals surface area contributed by atoms with Gasteiger partial charge in [-0.3, -0.25) is 19.3 Å². The topological polar surface area (TPSA) is 83.8 Å². The van der Waals surface area contributed by atoms with E-state index in [1.54, 1.807) is 24.3 Å². The lowest BCUT2D eigenvalue weighted by molar-refractivity contribution is -0.126. The molecule has 7 heteroatoms. The monoisotopic (exact) mass is 390 g/mol. The number of nitrogens with zero attached hydrogens (tertiary/aromatic N) is 3. The first kappa shape index (κ1) is 18.9. The van der Waals surface area contributed by atoms with Crippen molar-refractivity contribution >= 4 is 23.4 Å². The maximum atomic E-state index is 13.0. The van der Waals surface area contributed by atoms with Gasteiger partial charge >= 0.3 is 0 Å². The lowest BCUT2D eigenvalue weighted by Gasteiger charge is -2.28. The van der Waals surface area contributed by atoms with Crippen LogP contribution in [0.25, 0.3) is 5.65 Å². The third-order valence-electron chi connectivity index (χ3n) is 5.18. The summed E-state index contributed by atoms with van der Waals surface area (Å²) < 4.78 is 1.90. The smallest absolute Gasteiger partial charge is 0.262 e. The van der Waals surface area contributed by atoms with Gasteiger partial charge < -0.3 is 9.72 Å². The van der Waals surface area contributed by atoms with Crippen LogP contribution in [-0.2, 0) is 11.3 Å². The van der Waals surface area contributed by atoms with Gasteiger partial charge in [-0.25, -0.2) is 4.98 Å². The molecule has 1 aliphatic rings. The maximum Gasteiger partial charge on any atom is 0.262 e. The highest BCUT2D eigenvalue weighted by atomic mass is 16.2. The standard InChI is InChI=1S/C22H22N4O3/c1-13(2)18(26-21(28)16-8-4-5-9-17(16)22(26)29)20(27)23-11-15-12-25-10-6-7-14(3)19(25)24-15/h4-10,12-13,18H,11H2,1-3H3,(H,23,27). The second-order valence-corrected chi connectivity index (χ2v) is 7.59. The Bertz CT molecular complexity index is 1100. The number of aromatic nitrogens is 2. The van der Waals surface area contributed by atoms with Gasteiger partial charge in [-0.15, -0.1) is 0 Å². The first-order valence-electron chi connectivity index (χ1n) is 9.56. The molecule has 1 aromatic carbocycles. The van der Waals surface area contributed by atoms with Crippen molar-refractivity contribution in [3.63, 3.8) is 0 Å². The van der Waals surface area contributed by atoms with Gasteiger partial charge in [0.05, 0.1) is 23.4 Å².